The molecule has 0 unspecified atom stereocenters. The van der Waals surface area contributed by atoms with Crippen molar-refractivity contribution >= 4 is 80.8 Å². The first-order valence-corrected chi connectivity index (χ1v) is 13.1. The number of benzene rings is 3. The molecule has 10 heteroatoms. The molecule has 0 atom stereocenters. The SMILES string of the molecule is COc1cc(/C=C2\SC(=S)N(c3ccc(Cl)c(Cl)c3)C2=O)ccc1OCC(=O)Nc1ccc(C)c(C)c1. The smallest absolute Gasteiger partial charge is 0.270 e. The average molecular weight is 574 g/mol. The average Bonchev–Trinajstić information content (AvgIpc) is 3.14. The quantitative estimate of drug-likeness (QED) is 0.242. The van der Waals surface area contributed by atoms with Crippen molar-refractivity contribution in [3.63, 3.8) is 0 Å². The first-order valence-electron chi connectivity index (χ1n) is 11.1. The molecule has 0 saturated carbocycles. The van der Waals surface area contributed by atoms with E-state index in [4.69, 9.17) is 44.9 Å². The third kappa shape index (κ3) is 6.27. The zero-order chi connectivity index (χ0) is 26.7. The van der Waals surface area contributed by atoms with E-state index in [2.05, 4.69) is 5.32 Å². The van der Waals surface area contributed by atoms with Gasteiger partial charge in [0.15, 0.2) is 22.4 Å². The van der Waals surface area contributed by atoms with Gasteiger partial charge in [-0.2, -0.15) is 0 Å². The zero-order valence-corrected chi connectivity index (χ0v) is 23.3. The van der Waals surface area contributed by atoms with Crippen molar-refractivity contribution in [3.8, 4) is 11.5 Å². The van der Waals surface area contributed by atoms with Gasteiger partial charge in [0.1, 0.15) is 0 Å². The number of nitrogens with zero attached hydrogens (tertiary/aromatic N) is 1. The predicted molar refractivity (Wildman–Crippen MR) is 155 cm³/mol. The number of ether oxygens (including phenoxy) is 2. The minimum absolute atomic E-state index is 0.190. The Morgan fingerprint density at radius 1 is 1.03 bits per heavy atom. The van der Waals surface area contributed by atoms with Gasteiger partial charge in [-0.3, -0.25) is 14.5 Å². The van der Waals surface area contributed by atoms with E-state index < -0.39 is 0 Å². The molecule has 1 N–H and O–H groups in total. The maximum absolute atomic E-state index is 13.1. The number of hydrogen-bond donors (Lipinski definition) is 1. The summed E-state index contributed by atoms with van der Waals surface area (Å²) in [6.45, 7) is 3.81. The number of aryl methyl sites for hydroxylation is 2. The van der Waals surface area contributed by atoms with Gasteiger partial charge in [-0.05, 0) is 79.1 Å². The molecule has 0 spiro atoms. The summed E-state index contributed by atoms with van der Waals surface area (Å²) in [4.78, 5) is 27.3. The van der Waals surface area contributed by atoms with Crippen molar-refractivity contribution in [2.24, 2.45) is 0 Å². The van der Waals surface area contributed by atoms with E-state index in [0.717, 1.165) is 11.1 Å². The Balaban J connectivity index is 1.45. The fourth-order valence-electron chi connectivity index (χ4n) is 3.52. The summed E-state index contributed by atoms with van der Waals surface area (Å²) in [5.41, 5.74) is 4.19. The van der Waals surface area contributed by atoms with Crippen molar-refractivity contribution < 1.29 is 19.1 Å². The van der Waals surface area contributed by atoms with Gasteiger partial charge in [0.2, 0.25) is 0 Å². The largest absolute Gasteiger partial charge is 0.493 e. The number of nitrogens with one attached hydrogen (secondary N) is 1. The Morgan fingerprint density at radius 3 is 2.51 bits per heavy atom. The summed E-state index contributed by atoms with van der Waals surface area (Å²) in [5, 5.41) is 3.55. The van der Waals surface area contributed by atoms with Gasteiger partial charge in [0.05, 0.1) is 27.7 Å². The molecule has 0 bridgehead atoms. The second-order valence-electron chi connectivity index (χ2n) is 8.16. The molecule has 6 nitrogen and oxygen atoms in total. The number of methoxy groups -OCH3 is 1. The van der Waals surface area contributed by atoms with Crippen LogP contribution in [0.4, 0.5) is 11.4 Å². The molecule has 0 radical (unpaired) electrons. The monoisotopic (exact) mass is 572 g/mol. The van der Waals surface area contributed by atoms with Gasteiger partial charge >= 0.3 is 0 Å². The van der Waals surface area contributed by atoms with Crippen LogP contribution in [0.2, 0.25) is 10.0 Å². The van der Waals surface area contributed by atoms with Crippen molar-refractivity contribution in [2.75, 3.05) is 23.9 Å². The topological polar surface area (TPSA) is 67.9 Å². The summed E-state index contributed by atoms with van der Waals surface area (Å²) in [7, 11) is 1.50. The lowest BCUT2D eigenvalue weighted by Crippen LogP contribution is -2.27. The number of carbonyl (C=O) groups is 2. The third-order valence-corrected chi connectivity index (χ3v) is 7.63. The lowest BCUT2D eigenvalue weighted by molar-refractivity contribution is -0.118. The number of anilines is 2. The summed E-state index contributed by atoms with van der Waals surface area (Å²) in [6.07, 6.45) is 1.72. The van der Waals surface area contributed by atoms with Crippen LogP contribution in [0.5, 0.6) is 11.5 Å². The van der Waals surface area contributed by atoms with Crippen LogP contribution < -0.4 is 19.7 Å². The summed E-state index contributed by atoms with van der Waals surface area (Å²) < 4.78 is 11.5. The second kappa shape index (κ2) is 11.6. The molecule has 0 aromatic heterocycles. The Hall–Kier alpha value is -3.04. The molecule has 4 rings (SSSR count). The molecule has 1 aliphatic heterocycles. The zero-order valence-electron chi connectivity index (χ0n) is 20.1. The molecule has 2 amide bonds. The molecule has 1 saturated heterocycles. The van der Waals surface area contributed by atoms with E-state index in [1.54, 1.807) is 42.5 Å². The van der Waals surface area contributed by atoms with Gasteiger partial charge in [-0.15, -0.1) is 0 Å². The number of thioether (sulfide) groups is 1. The number of carbonyl (C=O) groups excluding carboxylic acids is 2. The third-order valence-electron chi connectivity index (χ3n) is 5.59. The molecular weight excluding hydrogens is 551 g/mol. The van der Waals surface area contributed by atoms with Crippen LogP contribution in [0.3, 0.4) is 0 Å². The first kappa shape index (κ1) is 27.0. The maximum atomic E-state index is 13.1. The molecule has 190 valence electrons. The summed E-state index contributed by atoms with van der Waals surface area (Å²) in [5.74, 6) is 0.266. The van der Waals surface area contributed by atoms with Crippen LogP contribution in [-0.4, -0.2) is 29.9 Å². The van der Waals surface area contributed by atoms with Crippen LogP contribution in [-0.2, 0) is 9.59 Å². The molecule has 1 heterocycles. The highest BCUT2D eigenvalue weighted by atomic mass is 35.5. The van der Waals surface area contributed by atoms with E-state index in [0.29, 0.717) is 47.7 Å². The van der Waals surface area contributed by atoms with Gasteiger partial charge in [-0.1, -0.05) is 59.3 Å². The van der Waals surface area contributed by atoms with Crippen LogP contribution >= 0.6 is 47.2 Å². The van der Waals surface area contributed by atoms with Crippen LogP contribution in [0, 0.1) is 13.8 Å². The second-order valence-corrected chi connectivity index (χ2v) is 10.7. The lowest BCUT2D eigenvalue weighted by atomic mass is 10.1. The first-order chi connectivity index (χ1) is 17.7. The number of hydrogen-bond acceptors (Lipinski definition) is 6. The Labute approximate surface area is 234 Å². The van der Waals surface area contributed by atoms with Crippen LogP contribution in [0.15, 0.2) is 59.5 Å². The number of halogens is 2. The Kier molecular flexibility index (Phi) is 8.44. The Morgan fingerprint density at radius 2 is 1.81 bits per heavy atom. The highest BCUT2D eigenvalue weighted by Crippen LogP contribution is 2.38. The molecule has 1 fully saturated rings. The minimum Gasteiger partial charge on any atom is -0.493 e. The molecule has 3 aromatic rings. The van der Waals surface area contributed by atoms with Gasteiger partial charge in [-0.25, -0.2) is 0 Å². The van der Waals surface area contributed by atoms with E-state index in [1.807, 2.05) is 32.0 Å². The fraction of sp³-hybridized carbons (Fsp3) is 0.148. The van der Waals surface area contributed by atoms with E-state index in [-0.39, 0.29) is 18.4 Å². The standard InChI is InChI=1S/C27H22Cl2N2O4S2/c1-15-4-6-18(10-16(15)2)30-25(32)14-35-22-9-5-17(11-23(22)34-3)12-24-26(33)31(27(36)37-24)19-7-8-20(28)21(29)13-19/h4-13H,14H2,1-3H3,(H,30,32)/b24-12-. The summed E-state index contributed by atoms with van der Waals surface area (Å²) >= 11 is 18.7. The van der Waals surface area contributed by atoms with E-state index in [9.17, 15) is 9.59 Å². The number of rotatable bonds is 7. The van der Waals surface area contributed by atoms with Crippen molar-refractivity contribution in [1.29, 1.82) is 0 Å². The van der Waals surface area contributed by atoms with E-state index >= 15 is 0 Å². The normalized spacial score (nSPS) is 14.3. The van der Waals surface area contributed by atoms with Crippen molar-refractivity contribution in [1.82, 2.24) is 0 Å². The highest BCUT2D eigenvalue weighted by Gasteiger charge is 2.33. The minimum atomic E-state index is -0.291. The molecule has 0 aliphatic carbocycles. The number of thiocarbonyl (C=S) groups is 1. The fourth-order valence-corrected chi connectivity index (χ4v) is 5.11. The van der Waals surface area contributed by atoms with Gasteiger partial charge in [0, 0.05) is 5.69 Å². The van der Waals surface area contributed by atoms with Gasteiger partial charge in [0.25, 0.3) is 11.8 Å². The maximum Gasteiger partial charge on any atom is 0.270 e. The molecule has 37 heavy (non-hydrogen) atoms. The van der Waals surface area contributed by atoms with Crippen molar-refractivity contribution in [2.45, 2.75) is 13.8 Å². The van der Waals surface area contributed by atoms with Crippen LogP contribution in [0.1, 0.15) is 16.7 Å². The highest BCUT2D eigenvalue weighted by molar-refractivity contribution is 8.27. The van der Waals surface area contributed by atoms with Crippen LogP contribution in [0.25, 0.3) is 6.08 Å². The summed E-state index contributed by atoms with van der Waals surface area (Å²) in [6, 6.07) is 15.8. The van der Waals surface area contributed by atoms with Gasteiger partial charge < -0.3 is 14.8 Å². The Bertz CT molecular complexity index is 1440. The predicted octanol–water partition coefficient (Wildman–Crippen LogP) is 7.04. The molecule has 1 aliphatic rings. The van der Waals surface area contributed by atoms with Crippen molar-refractivity contribution in [3.05, 3.63) is 86.2 Å². The molecular formula is C27H22Cl2N2O4S2. The lowest BCUT2D eigenvalue weighted by Gasteiger charge is -2.15. The number of amides is 2. The molecule has 3 aromatic carbocycles. The van der Waals surface area contributed by atoms with E-state index in [1.165, 1.54) is 23.8 Å².